The van der Waals surface area contributed by atoms with Crippen molar-refractivity contribution in [1.29, 1.82) is 0 Å². The topological polar surface area (TPSA) is 64.3 Å². The molecule has 0 radical (unpaired) electrons. The van der Waals surface area contributed by atoms with Crippen LogP contribution in [0.25, 0.3) is 0 Å². The zero-order valence-corrected chi connectivity index (χ0v) is 12.2. The van der Waals surface area contributed by atoms with Crippen molar-refractivity contribution in [2.45, 2.75) is 65.0 Å². The summed E-state index contributed by atoms with van der Waals surface area (Å²) in [5.74, 6) is 0. The second-order valence-electron chi connectivity index (χ2n) is 5.19. The van der Waals surface area contributed by atoms with Gasteiger partial charge in [-0.2, -0.15) is 0 Å². The lowest BCUT2D eigenvalue weighted by atomic mass is 10.1. The highest BCUT2D eigenvalue weighted by molar-refractivity contribution is 5.85. The van der Waals surface area contributed by atoms with Gasteiger partial charge in [-0.3, -0.25) is 0 Å². The largest absolute Gasteiger partial charge is 0.444 e. The number of unbranched alkanes of at least 4 members (excludes halogenated alkanes) is 2. The molecule has 0 saturated heterocycles. The fraction of sp³-hybridized carbons (Fsp3) is 0.917. The van der Waals surface area contributed by atoms with Crippen molar-refractivity contribution in [3.63, 3.8) is 0 Å². The molecular formula is C12H27ClN2O2. The number of carbonyl (C=O) groups is 1. The normalized spacial score (nSPS) is 12.5. The van der Waals surface area contributed by atoms with E-state index in [0.717, 1.165) is 32.2 Å². The number of hydrogen-bond donors (Lipinski definition) is 2. The van der Waals surface area contributed by atoms with Gasteiger partial charge in [-0.25, -0.2) is 4.79 Å². The average Bonchev–Trinajstić information content (AvgIpc) is 2.09. The van der Waals surface area contributed by atoms with E-state index in [9.17, 15) is 4.79 Å². The van der Waals surface area contributed by atoms with E-state index in [2.05, 4.69) is 5.32 Å². The first-order valence-electron chi connectivity index (χ1n) is 6.04. The van der Waals surface area contributed by atoms with Crippen molar-refractivity contribution in [3.05, 3.63) is 0 Å². The molecule has 0 bridgehead atoms. The van der Waals surface area contributed by atoms with Crippen molar-refractivity contribution in [3.8, 4) is 0 Å². The van der Waals surface area contributed by atoms with Crippen LogP contribution in [0.15, 0.2) is 0 Å². The van der Waals surface area contributed by atoms with Gasteiger partial charge in [0.05, 0.1) is 0 Å². The van der Waals surface area contributed by atoms with Crippen molar-refractivity contribution in [2.75, 3.05) is 6.54 Å². The first-order valence-corrected chi connectivity index (χ1v) is 6.04. The molecule has 0 rings (SSSR count). The summed E-state index contributed by atoms with van der Waals surface area (Å²) < 4.78 is 5.17. The van der Waals surface area contributed by atoms with Gasteiger partial charge in [0.1, 0.15) is 5.60 Å². The Labute approximate surface area is 111 Å². The smallest absolute Gasteiger partial charge is 0.407 e. The quantitative estimate of drug-likeness (QED) is 0.727. The van der Waals surface area contributed by atoms with E-state index >= 15 is 0 Å². The Bertz CT molecular complexity index is 205. The maximum Gasteiger partial charge on any atom is 0.407 e. The van der Waals surface area contributed by atoms with Crippen LogP contribution in [0.3, 0.4) is 0 Å². The van der Waals surface area contributed by atoms with Gasteiger partial charge in [0, 0.05) is 6.04 Å². The highest BCUT2D eigenvalue weighted by atomic mass is 35.5. The minimum absolute atomic E-state index is 0. The Kier molecular flexibility index (Phi) is 10.6. The molecule has 0 saturated carbocycles. The third-order valence-electron chi connectivity index (χ3n) is 2.10. The van der Waals surface area contributed by atoms with Gasteiger partial charge in [-0.15, -0.1) is 12.4 Å². The fourth-order valence-electron chi connectivity index (χ4n) is 1.35. The van der Waals surface area contributed by atoms with E-state index in [1.54, 1.807) is 0 Å². The number of carbonyl (C=O) groups excluding carboxylic acids is 1. The van der Waals surface area contributed by atoms with Crippen LogP contribution in [0.5, 0.6) is 0 Å². The molecule has 0 aliphatic carbocycles. The predicted molar refractivity (Wildman–Crippen MR) is 73.6 cm³/mol. The molecule has 0 heterocycles. The van der Waals surface area contributed by atoms with Crippen LogP contribution in [0.2, 0.25) is 0 Å². The second-order valence-corrected chi connectivity index (χ2v) is 5.19. The number of amides is 1. The Hall–Kier alpha value is -0.480. The molecule has 0 unspecified atom stereocenters. The van der Waals surface area contributed by atoms with Gasteiger partial charge in [-0.05, 0) is 47.1 Å². The van der Waals surface area contributed by atoms with Crippen molar-refractivity contribution in [2.24, 2.45) is 5.73 Å². The summed E-state index contributed by atoms with van der Waals surface area (Å²) in [6.45, 7) is 8.32. The first-order chi connectivity index (χ1) is 7.35. The lowest BCUT2D eigenvalue weighted by molar-refractivity contribution is 0.0506. The molecule has 0 aliphatic heterocycles. The first kappa shape index (κ1) is 18.9. The molecule has 3 N–H and O–H groups in total. The van der Waals surface area contributed by atoms with Gasteiger partial charge >= 0.3 is 6.09 Å². The zero-order valence-electron chi connectivity index (χ0n) is 11.4. The van der Waals surface area contributed by atoms with Gasteiger partial charge in [0.25, 0.3) is 0 Å². The third-order valence-corrected chi connectivity index (χ3v) is 2.10. The number of hydrogen-bond acceptors (Lipinski definition) is 3. The standard InChI is InChI=1S/C12H26N2O2.ClH/c1-10(8-6-5-7-9-13)14-11(15)16-12(2,3)4;/h10H,5-9,13H2,1-4H3,(H,14,15);1H/t10-;/m1./s1. The third kappa shape index (κ3) is 13.5. The van der Waals surface area contributed by atoms with E-state index in [-0.39, 0.29) is 24.5 Å². The molecule has 104 valence electrons. The summed E-state index contributed by atoms with van der Waals surface area (Å²) in [5, 5.41) is 2.82. The maximum atomic E-state index is 11.4. The van der Waals surface area contributed by atoms with Crippen LogP contribution in [-0.4, -0.2) is 24.3 Å². The molecule has 0 spiro atoms. The summed E-state index contributed by atoms with van der Waals surface area (Å²) in [5.41, 5.74) is 4.98. The van der Waals surface area contributed by atoms with E-state index in [0.29, 0.717) is 0 Å². The fourth-order valence-corrected chi connectivity index (χ4v) is 1.35. The van der Waals surface area contributed by atoms with Crippen LogP contribution in [-0.2, 0) is 4.74 Å². The number of alkyl carbamates (subject to hydrolysis) is 1. The Morgan fingerprint density at radius 1 is 1.29 bits per heavy atom. The molecule has 0 aromatic carbocycles. The van der Waals surface area contributed by atoms with Crippen LogP contribution in [0, 0.1) is 0 Å². The summed E-state index contributed by atoms with van der Waals surface area (Å²) in [6, 6.07) is 0.160. The summed E-state index contributed by atoms with van der Waals surface area (Å²) in [6.07, 6.45) is 3.91. The molecule has 17 heavy (non-hydrogen) atoms. The predicted octanol–water partition coefficient (Wildman–Crippen LogP) is 2.84. The molecule has 1 amide bonds. The molecule has 0 aliphatic rings. The Morgan fingerprint density at radius 3 is 2.35 bits per heavy atom. The Morgan fingerprint density at radius 2 is 1.88 bits per heavy atom. The number of nitrogens with one attached hydrogen (secondary N) is 1. The summed E-state index contributed by atoms with van der Waals surface area (Å²) in [7, 11) is 0. The Balaban J connectivity index is 0. The van der Waals surface area contributed by atoms with Crippen LogP contribution in [0.4, 0.5) is 4.79 Å². The average molecular weight is 267 g/mol. The summed E-state index contributed by atoms with van der Waals surface area (Å²) in [4.78, 5) is 11.4. The lowest BCUT2D eigenvalue weighted by Crippen LogP contribution is -2.37. The van der Waals surface area contributed by atoms with Crippen molar-refractivity contribution >= 4 is 18.5 Å². The molecule has 4 nitrogen and oxygen atoms in total. The van der Waals surface area contributed by atoms with E-state index in [1.165, 1.54) is 0 Å². The van der Waals surface area contributed by atoms with Crippen LogP contribution in [0.1, 0.15) is 53.4 Å². The van der Waals surface area contributed by atoms with E-state index in [4.69, 9.17) is 10.5 Å². The zero-order chi connectivity index (χ0) is 12.6. The molecule has 0 aromatic heterocycles. The minimum atomic E-state index is -0.427. The second kappa shape index (κ2) is 9.54. The highest BCUT2D eigenvalue weighted by Gasteiger charge is 2.17. The molecular weight excluding hydrogens is 240 g/mol. The lowest BCUT2D eigenvalue weighted by Gasteiger charge is -2.21. The maximum absolute atomic E-state index is 11.4. The van der Waals surface area contributed by atoms with Crippen molar-refractivity contribution < 1.29 is 9.53 Å². The molecule has 0 fully saturated rings. The van der Waals surface area contributed by atoms with Crippen LogP contribution < -0.4 is 11.1 Å². The number of halogens is 1. The number of ether oxygens (including phenoxy) is 1. The molecule has 0 aromatic rings. The van der Waals surface area contributed by atoms with Crippen molar-refractivity contribution in [1.82, 2.24) is 5.32 Å². The van der Waals surface area contributed by atoms with Gasteiger partial charge < -0.3 is 15.8 Å². The highest BCUT2D eigenvalue weighted by Crippen LogP contribution is 2.08. The van der Waals surface area contributed by atoms with Gasteiger partial charge in [0.15, 0.2) is 0 Å². The number of nitrogens with two attached hydrogens (primary N) is 1. The molecule has 5 heteroatoms. The summed E-state index contributed by atoms with van der Waals surface area (Å²) >= 11 is 0. The van der Waals surface area contributed by atoms with E-state index in [1.807, 2.05) is 27.7 Å². The van der Waals surface area contributed by atoms with E-state index < -0.39 is 5.60 Å². The SMILES string of the molecule is C[C@H](CCCCCN)NC(=O)OC(C)(C)C.Cl. The van der Waals surface area contributed by atoms with Gasteiger partial charge in [0.2, 0.25) is 0 Å². The monoisotopic (exact) mass is 266 g/mol. The van der Waals surface area contributed by atoms with Crippen LogP contribution >= 0.6 is 12.4 Å². The molecule has 1 atom stereocenters. The number of rotatable bonds is 6. The minimum Gasteiger partial charge on any atom is -0.444 e. The van der Waals surface area contributed by atoms with Gasteiger partial charge in [-0.1, -0.05) is 12.8 Å².